The normalized spacial score (nSPS) is 8.00. The van der Waals surface area contributed by atoms with Gasteiger partial charge < -0.3 is 0 Å². The van der Waals surface area contributed by atoms with Crippen molar-refractivity contribution in [3.63, 3.8) is 0 Å². The SMILES string of the molecule is C#CCNCC(C)=O. The Labute approximate surface area is 49.3 Å². The summed E-state index contributed by atoms with van der Waals surface area (Å²) in [7, 11) is 0. The Hall–Kier alpha value is -0.810. The highest BCUT2D eigenvalue weighted by atomic mass is 16.1. The molecule has 0 aliphatic heterocycles. The molecule has 0 spiro atoms. The lowest BCUT2D eigenvalue weighted by Gasteiger charge is -1.91. The molecule has 0 saturated heterocycles. The van der Waals surface area contributed by atoms with E-state index in [1.165, 1.54) is 6.92 Å². The van der Waals surface area contributed by atoms with Crippen molar-refractivity contribution in [3.05, 3.63) is 0 Å². The lowest BCUT2D eigenvalue weighted by atomic mass is 10.4. The highest BCUT2D eigenvalue weighted by Crippen LogP contribution is 1.61. The first-order valence-corrected chi connectivity index (χ1v) is 2.41. The fourth-order valence-corrected chi connectivity index (χ4v) is 0.311. The van der Waals surface area contributed by atoms with E-state index in [1.54, 1.807) is 0 Å². The van der Waals surface area contributed by atoms with Crippen molar-refractivity contribution in [3.8, 4) is 12.3 Å². The second-order valence-corrected chi connectivity index (χ2v) is 1.51. The molecule has 0 bridgehead atoms. The molecule has 0 unspecified atom stereocenters. The number of carbonyl (C=O) groups is 1. The van der Waals surface area contributed by atoms with Crippen molar-refractivity contribution in [2.45, 2.75) is 6.92 Å². The highest BCUT2D eigenvalue weighted by Gasteiger charge is 1.86. The molecule has 44 valence electrons. The van der Waals surface area contributed by atoms with Crippen molar-refractivity contribution in [1.82, 2.24) is 5.32 Å². The van der Waals surface area contributed by atoms with Crippen LogP contribution in [0.15, 0.2) is 0 Å². The summed E-state index contributed by atoms with van der Waals surface area (Å²) in [5.41, 5.74) is 0. The Morgan fingerprint density at radius 2 is 2.50 bits per heavy atom. The molecule has 2 nitrogen and oxygen atoms in total. The molecule has 0 aromatic heterocycles. The molecule has 0 aromatic carbocycles. The summed E-state index contributed by atoms with van der Waals surface area (Å²) in [6.45, 7) is 2.37. The summed E-state index contributed by atoms with van der Waals surface area (Å²) in [5.74, 6) is 2.47. The van der Waals surface area contributed by atoms with E-state index in [2.05, 4.69) is 11.2 Å². The largest absolute Gasteiger partial charge is 0.299 e. The minimum Gasteiger partial charge on any atom is -0.299 e. The van der Waals surface area contributed by atoms with Crippen molar-refractivity contribution < 1.29 is 4.79 Å². The summed E-state index contributed by atoms with van der Waals surface area (Å²) >= 11 is 0. The molecule has 0 rings (SSSR count). The van der Waals surface area contributed by atoms with Gasteiger partial charge in [-0.1, -0.05) is 5.92 Å². The smallest absolute Gasteiger partial charge is 0.143 e. The zero-order valence-electron chi connectivity index (χ0n) is 4.90. The van der Waals surface area contributed by atoms with Gasteiger partial charge in [-0.3, -0.25) is 10.1 Å². The summed E-state index contributed by atoms with van der Waals surface area (Å²) in [6.07, 6.45) is 4.89. The molecule has 0 aliphatic carbocycles. The lowest BCUT2D eigenvalue weighted by Crippen LogP contribution is -2.20. The number of Topliss-reactive ketones (excluding diaryl/α,β-unsaturated/α-hetero) is 1. The van der Waals surface area contributed by atoms with Crippen LogP contribution in [-0.2, 0) is 4.79 Å². The van der Waals surface area contributed by atoms with Gasteiger partial charge in [0.25, 0.3) is 0 Å². The van der Waals surface area contributed by atoms with Crippen LogP contribution < -0.4 is 5.32 Å². The number of carbonyl (C=O) groups excluding carboxylic acids is 1. The van der Waals surface area contributed by atoms with Gasteiger partial charge in [-0.25, -0.2) is 0 Å². The van der Waals surface area contributed by atoms with E-state index in [0.717, 1.165) is 0 Å². The topological polar surface area (TPSA) is 29.1 Å². The molecule has 0 radical (unpaired) electrons. The van der Waals surface area contributed by atoms with Gasteiger partial charge in [0.15, 0.2) is 0 Å². The van der Waals surface area contributed by atoms with Gasteiger partial charge in [-0.2, -0.15) is 0 Å². The van der Waals surface area contributed by atoms with E-state index in [1.807, 2.05) is 0 Å². The second-order valence-electron chi connectivity index (χ2n) is 1.51. The van der Waals surface area contributed by atoms with Crippen LogP contribution >= 0.6 is 0 Å². The van der Waals surface area contributed by atoms with Gasteiger partial charge in [0, 0.05) is 0 Å². The predicted octanol–water partition coefficient (Wildman–Crippen LogP) is -0.202. The van der Waals surface area contributed by atoms with Crippen molar-refractivity contribution in [2.75, 3.05) is 13.1 Å². The third-order valence-corrected chi connectivity index (χ3v) is 0.601. The monoisotopic (exact) mass is 111 g/mol. The quantitative estimate of drug-likeness (QED) is 0.403. The zero-order valence-corrected chi connectivity index (χ0v) is 4.90. The Bertz CT molecular complexity index is 112. The number of hydrogen-bond acceptors (Lipinski definition) is 2. The van der Waals surface area contributed by atoms with Crippen LogP contribution in [0.1, 0.15) is 6.92 Å². The maximum atomic E-state index is 10.2. The van der Waals surface area contributed by atoms with E-state index < -0.39 is 0 Å². The first-order chi connectivity index (χ1) is 3.77. The fraction of sp³-hybridized carbons (Fsp3) is 0.500. The summed E-state index contributed by atoms with van der Waals surface area (Å²) in [4.78, 5) is 10.2. The van der Waals surface area contributed by atoms with Crippen molar-refractivity contribution >= 4 is 5.78 Å². The average Bonchev–Trinajstić information content (AvgIpc) is 1.66. The number of nitrogens with one attached hydrogen (secondary N) is 1. The van der Waals surface area contributed by atoms with Gasteiger partial charge in [0.05, 0.1) is 13.1 Å². The number of ketones is 1. The maximum Gasteiger partial charge on any atom is 0.143 e. The fourth-order valence-electron chi connectivity index (χ4n) is 0.311. The van der Waals surface area contributed by atoms with Gasteiger partial charge in [0.2, 0.25) is 0 Å². The van der Waals surface area contributed by atoms with Gasteiger partial charge in [-0.15, -0.1) is 6.42 Å². The first-order valence-electron chi connectivity index (χ1n) is 2.41. The first kappa shape index (κ1) is 7.19. The van der Waals surface area contributed by atoms with Crippen molar-refractivity contribution in [2.24, 2.45) is 0 Å². The Balaban J connectivity index is 2.97. The minimum atomic E-state index is 0.111. The Morgan fingerprint density at radius 1 is 1.88 bits per heavy atom. The minimum absolute atomic E-state index is 0.111. The molecule has 0 saturated carbocycles. The standard InChI is InChI=1S/C6H9NO/c1-3-4-7-5-6(2)8/h1,7H,4-5H2,2H3. The van der Waals surface area contributed by atoms with Crippen LogP contribution in [0.4, 0.5) is 0 Å². The summed E-state index contributed by atoms with van der Waals surface area (Å²) < 4.78 is 0. The van der Waals surface area contributed by atoms with Crippen LogP contribution in [-0.4, -0.2) is 18.9 Å². The lowest BCUT2D eigenvalue weighted by molar-refractivity contribution is -0.116. The zero-order chi connectivity index (χ0) is 6.41. The van der Waals surface area contributed by atoms with Gasteiger partial charge in [0.1, 0.15) is 5.78 Å². The van der Waals surface area contributed by atoms with E-state index in [-0.39, 0.29) is 5.78 Å². The molecular formula is C6H9NO. The Morgan fingerprint density at radius 3 is 2.88 bits per heavy atom. The number of terminal acetylenes is 1. The van der Waals surface area contributed by atoms with E-state index in [4.69, 9.17) is 6.42 Å². The van der Waals surface area contributed by atoms with Crippen LogP contribution in [0.25, 0.3) is 0 Å². The molecular weight excluding hydrogens is 102 g/mol. The van der Waals surface area contributed by atoms with E-state index in [0.29, 0.717) is 13.1 Å². The van der Waals surface area contributed by atoms with Gasteiger partial charge in [-0.05, 0) is 6.92 Å². The molecule has 2 heteroatoms. The predicted molar refractivity (Wildman–Crippen MR) is 32.4 cm³/mol. The summed E-state index contributed by atoms with van der Waals surface area (Å²) in [6, 6.07) is 0. The highest BCUT2D eigenvalue weighted by molar-refractivity contribution is 5.77. The van der Waals surface area contributed by atoms with Crippen LogP contribution in [0, 0.1) is 12.3 Å². The Kier molecular flexibility index (Phi) is 3.91. The molecule has 0 aromatic rings. The van der Waals surface area contributed by atoms with Crippen LogP contribution in [0.3, 0.4) is 0 Å². The summed E-state index contributed by atoms with van der Waals surface area (Å²) in [5, 5.41) is 2.75. The maximum absolute atomic E-state index is 10.2. The van der Waals surface area contributed by atoms with E-state index >= 15 is 0 Å². The third-order valence-electron chi connectivity index (χ3n) is 0.601. The second kappa shape index (κ2) is 4.35. The van der Waals surface area contributed by atoms with Crippen LogP contribution in [0.2, 0.25) is 0 Å². The molecule has 1 N–H and O–H groups in total. The van der Waals surface area contributed by atoms with Crippen molar-refractivity contribution in [1.29, 1.82) is 0 Å². The van der Waals surface area contributed by atoms with Crippen LogP contribution in [0.5, 0.6) is 0 Å². The molecule has 0 fully saturated rings. The molecule has 0 amide bonds. The molecule has 0 heterocycles. The average molecular weight is 111 g/mol. The van der Waals surface area contributed by atoms with E-state index in [9.17, 15) is 4.79 Å². The van der Waals surface area contributed by atoms with Gasteiger partial charge >= 0.3 is 0 Å². The third kappa shape index (κ3) is 5.19. The molecule has 8 heavy (non-hydrogen) atoms. The number of hydrogen-bond donors (Lipinski definition) is 1. The molecule has 0 atom stereocenters. The number of rotatable bonds is 3. The molecule has 0 aliphatic rings.